The van der Waals surface area contributed by atoms with Crippen LogP contribution in [0.1, 0.15) is 112 Å². The summed E-state index contributed by atoms with van der Waals surface area (Å²) in [6, 6.07) is -0.635. The summed E-state index contributed by atoms with van der Waals surface area (Å²) >= 11 is 0. The number of nitrogens with one attached hydrogen (secondary N) is 1. The van der Waals surface area contributed by atoms with Gasteiger partial charge in [-0.15, -0.1) is 0 Å². The third-order valence-corrected chi connectivity index (χ3v) is 5.97. The third kappa shape index (κ3) is 11.6. The molecule has 4 atom stereocenters. The van der Waals surface area contributed by atoms with E-state index in [-0.39, 0.29) is 41.9 Å². The van der Waals surface area contributed by atoms with Crippen molar-refractivity contribution >= 4 is 17.8 Å². The van der Waals surface area contributed by atoms with Crippen LogP contribution in [0.2, 0.25) is 0 Å². The second-order valence-corrected chi connectivity index (χ2v) is 9.56. The van der Waals surface area contributed by atoms with Gasteiger partial charge in [-0.1, -0.05) is 72.1 Å². The van der Waals surface area contributed by atoms with Gasteiger partial charge in [0.05, 0.1) is 5.92 Å². The monoisotopic (exact) mass is 439 g/mol. The van der Waals surface area contributed by atoms with Crippen LogP contribution < -0.4 is 5.32 Å². The second-order valence-electron chi connectivity index (χ2n) is 9.56. The molecule has 1 aliphatic rings. The molecule has 1 N–H and O–H groups in total. The van der Waals surface area contributed by atoms with Crippen LogP contribution in [0.15, 0.2) is 0 Å². The smallest absolute Gasteiger partial charge is 0.328 e. The number of carbonyl (C=O) groups excluding carboxylic acids is 3. The van der Waals surface area contributed by atoms with E-state index in [2.05, 4.69) is 12.2 Å². The highest BCUT2D eigenvalue weighted by molar-refractivity contribution is 5.83. The minimum absolute atomic E-state index is 0.147. The van der Waals surface area contributed by atoms with Crippen molar-refractivity contribution in [2.45, 2.75) is 130 Å². The molecule has 0 saturated carbocycles. The summed E-state index contributed by atoms with van der Waals surface area (Å²) in [4.78, 5) is 35.7. The van der Waals surface area contributed by atoms with Crippen molar-refractivity contribution in [2.75, 3.05) is 0 Å². The van der Waals surface area contributed by atoms with E-state index in [0.717, 1.165) is 19.3 Å². The van der Waals surface area contributed by atoms with Gasteiger partial charge < -0.3 is 14.8 Å². The molecule has 0 aromatic carbocycles. The lowest BCUT2D eigenvalue weighted by Gasteiger charge is -2.35. The number of cyclic esters (lactones) is 1. The van der Waals surface area contributed by atoms with Gasteiger partial charge in [0.15, 0.2) is 0 Å². The van der Waals surface area contributed by atoms with Gasteiger partial charge in [-0.3, -0.25) is 9.59 Å². The summed E-state index contributed by atoms with van der Waals surface area (Å²) in [6.07, 6.45) is 12.4. The Balaban J connectivity index is 2.50. The Morgan fingerprint density at radius 3 is 2.10 bits per heavy atom. The number of hydrogen-bond donors (Lipinski definition) is 1. The number of amides is 1. The first-order valence-corrected chi connectivity index (χ1v) is 12.4. The first kappa shape index (κ1) is 27.4. The molecular formula is C25H45NO5. The summed E-state index contributed by atoms with van der Waals surface area (Å²) < 4.78 is 11.1. The maximum Gasteiger partial charge on any atom is 0.328 e. The van der Waals surface area contributed by atoms with E-state index in [9.17, 15) is 14.4 Å². The minimum atomic E-state index is -0.635. The van der Waals surface area contributed by atoms with Crippen molar-refractivity contribution in [3.8, 4) is 0 Å². The molecule has 1 saturated heterocycles. The van der Waals surface area contributed by atoms with Crippen molar-refractivity contribution in [1.29, 1.82) is 0 Å². The first-order chi connectivity index (χ1) is 14.7. The molecule has 0 aromatic rings. The Morgan fingerprint density at radius 1 is 1.03 bits per heavy atom. The minimum Gasteiger partial charge on any atom is -0.461 e. The molecule has 0 bridgehead atoms. The zero-order chi connectivity index (χ0) is 23.2. The van der Waals surface area contributed by atoms with Crippen LogP contribution in [0, 0.1) is 11.8 Å². The summed E-state index contributed by atoms with van der Waals surface area (Å²) in [5, 5.41) is 2.72. The summed E-state index contributed by atoms with van der Waals surface area (Å²) in [7, 11) is 0. The summed E-state index contributed by atoms with van der Waals surface area (Å²) in [5.74, 6) is -0.698. The largest absolute Gasteiger partial charge is 0.461 e. The van der Waals surface area contributed by atoms with E-state index < -0.39 is 6.04 Å². The molecule has 1 fully saturated rings. The fourth-order valence-electron chi connectivity index (χ4n) is 4.03. The average molecular weight is 440 g/mol. The third-order valence-electron chi connectivity index (χ3n) is 5.97. The number of unbranched alkanes of at least 4 members (excludes halogenated alkanes) is 8. The van der Waals surface area contributed by atoms with E-state index in [1.165, 1.54) is 51.9 Å². The molecule has 180 valence electrons. The van der Waals surface area contributed by atoms with Gasteiger partial charge in [0.25, 0.3) is 0 Å². The highest BCUT2D eigenvalue weighted by Crippen LogP contribution is 2.28. The number of rotatable bonds is 17. The Hall–Kier alpha value is -1.59. The predicted octanol–water partition coefficient (Wildman–Crippen LogP) is 5.32. The molecule has 1 heterocycles. The number of carbonyl (C=O) groups is 3. The van der Waals surface area contributed by atoms with E-state index in [1.54, 1.807) is 0 Å². The summed E-state index contributed by atoms with van der Waals surface area (Å²) in [6.45, 7) is 9.52. The van der Waals surface area contributed by atoms with Crippen molar-refractivity contribution < 1.29 is 23.9 Å². The molecule has 1 aliphatic heterocycles. The zero-order valence-corrected chi connectivity index (χ0v) is 20.4. The van der Waals surface area contributed by atoms with Crippen molar-refractivity contribution in [1.82, 2.24) is 5.32 Å². The Kier molecular flexibility index (Phi) is 13.5. The molecule has 1 rings (SSSR count). The van der Waals surface area contributed by atoms with Crippen molar-refractivity contribution in [3.63, 3.8) is 0 Å². The van der Waals surface area contributed by atoms with Crippen molar-refractivity contribution in [2.24, 2.45) is 11.8 Å². The first-order valence-electron chi connectivity index (χ1n) is 12.4. The molecule has 1 amide bonds. The van der Waals surface area contributed by atoms with Gasteiger partial charge in [-0.2, -0.15) is 0 Å². The lowest BCUT2D eigenvalue weighted by atomic mass is 9.92. The van der Waals surface area contributed by atoms with Crippen LogP contribution in [0.5, 0.6) is 0 Å². The fourth-order valence-corrected chi connectivity index (χ4v) is 4.03. The average Bonchev–Trinajstić information content (AvgIpc) is 2.70. The van der Waals surface area contributed by atoms with E-state index in [1.807, 2.05) is 20.8 Å². The van der Waals surface area contributed by atoms with Gasteiger partial charge in [-0.05, 0) is 32.1 Å². The van der Waals surface area contributed by atoms with Gasteiger partial charge in [-0.25, -0.2) is 4.79 Å². The van der Waals surface area contributed by atoms with E-state index in [0.29, 0.717) is 12.8 Å². The normalized spacial score (nSPS) is 20.0. The fraction of sp³-hybridized carbons (Fsp3) is 0.880. The van der Waals surface area contributed by atoms with Crippen LogP contribution in [0.25, 0.3) is 0 Å². The number of hydrogen-bond acceptors (Lipinski definition) is 5. The van der Waals surface area contributed by atoms with Crippen LogP contribution in [0.4, 0.5) is 0 Å². The van der Waals surface area contributed by atoms with E-state index >= 15 is 0 Å². The summed E-state index contributed by atoms with van der Waals surface area (Å²) in [5.41, 5.74) is 0. The number of ether oxygens (including phenoxy) is 2. The highest BCUT2D eigenvalue weighted by atomic mass is 16.6. The predicted molar refractivity (Wildman–Crippen MR) is 122 cm³/mol. The lowest BCUT2D eigenvalue weighted by molar-refractivity contribution is -0.187. The van der Waals surface area contributed by atoms with Gasteiger partial charge in [0.2, 0.25) is 5.91 Å². The maximum atomic E-state index is 12.8. The Bertz CT molecular complexity index is 548. The Morgan fingerprint density at radius 2 is 1.61 bits per heavy atom. The lowest BCUT2D eigenvalue weighted by Crippen LogP contribution is -2.47. The second kappa shape index (κ2) is 15.3. The molecular weight excluding hydrogens is 394 g/mol. The van der Waals surface area contributed by atoms with Crippen LogP contribution in [0.3, 0.4) is 0 Å². The topological polar surface area (TPSA) is 81.7 Å². The van der Waals surface area contributed by atoms with Gasteiger partial charge in [0, 0.05) is 13.3 Å². The van der Waals surface area contributed by atoms with E-state index in [4.69, 9.17) is 9.47 Å². The molecule has 6 heteroatoms. The quantitative estimate of drug-likeness (QED) is 0.245. The number of esters is 2. The molecule has 6 nitrogen and oxygen atoms in total. The van der Waals surface area contributed by atoms with Crippen molar-refractivity contribution in [3.05, 3.63) is 0 Å². The molecule has 0 radical (unpaired) electrons. The maximum absolute atomic E-state index is 12.8. The van der Waals surface area contributed by atoms with Crippen LogP contribution in [-0.4, -0.2) is 36.1 Å². The van der Waals surface area contributed by atoms with Crippen LogP contribution >= 0.6 is 0 Å². The zero-order valence-electron chi connectivity index (χ0n) is 20.4. The molecule has 1 unspecified atom stereocenters. The van der Waals surface area contributed by atoms with Crippen LogP contribution in [-0.2, 0) is 23.9 Å². The highest BCUT2D eigenvalue weighted by Gasteiger charge is 2.40. The molecule has 0 spiro atoms. The Labute approximate surface area is 189 Å². The van der Waals surface area contributed by atoms with Gasteiger partial charge >= 0.3 is 11.9 Å². The molecule has 0 aromatic heterocycles. The SMILES string of the molecule is CCCCCCCCCCCC(C[C@@H]1OC(=O)[C@H]1C)OC(=O)[C@H](CC(C)C)NC(C)=O. The van der Waals surface area contributed by atoms with Gasteiger partial charge in [0.1, 0.15) is 18.2 Å². The standard InChI is InChI=1S/C25H45NO5/c1-6-7-8-9-10-11-12-13-14-15-21(17-23-19(4)24(28)31-23)30-25(29)22(16-18(2)3)26-20(5)27/h18-19,21-23H,6-17H2,1-5H3,(H,26,27)/t19-,21?,22-,23-/m0/s1. The molecule has 31 heavy (non-hydrogen) atoms. The molecule has 0 aliphatic carbocycles.